The van der Waals surface area contributed by atoms with Crippen molar-refractivity contribution in [3.05, 3.63) is 40.9 Å². The van der Waals surface area contributed by atoms with Crippen LogP contribution in [0.2, 0.25) is 0 Å². The van der Waals surface area contributed by atoms with Crippen LogP contribution >= 0.6 is 0 Å². The first-order valence-corrected chi connectivity index (χ1v) is 6.43. The van der Waals surface area contributed by atoms with Crippen molar-refractivity contribution < 1.29 is 4.74 Å². The fourth-order valence-electron chi connectivity index (χ4n) is 2.10. The lowest BCUT2D eigenvalue weighted by Crippen LogP contribution is -2.36. The zero-order valence-corrected chi connectivity index (χ0v) is 10.9. The molecule has 0 atom stereocenters. The second-order valence-electron chi connectivity index (χ2n) is 4.44. The molecule has 20 heavy (non-hydrogen) atoms. The van der Waals surface area contributed by atoms with E-state index in [0.29, 0.717) is 5.82 Å². The van der Waals surface area contributed by atoms with Crippen LogP contribution < -0.4 is 15.9 Å². The lowest BCUT2D eigenvalue weighted by atomic mass is 10.2. The molecular formula is C13H15N5O2. The molecule has 2 aromatic rings. The van der Waals surface area contributed by atoms with Crippen molar-refractivity contribution in [3.63, 3.8) is 0 Å². The van der Waals surface area contributed by atoms with E-state index in [1.807, 2.05) is 24.3 Å². The van der Waals surface area contributed by atoms with Crippen LogP contribution in [0, 0.1) is 0 Å². The number of benzene rings is 1. The topological polar surface area (TPSA) is 83.1 Å². The summed E-state index contributed by atoms with van der Waals surface area (Å²) in [4.78, 5) is 17.1. The van der Waals surface area contributed by atoms with E-state index in [0.717, 1.165) is 37.7 Å². The number of hydrogen-bond donors (Lipinski definition) is 2. The molecule has 104 valence electrons. The number of morpholine rings is 1. The Hall–Kier alpha value is -2.41. The molecule has 1 aromatic heterocycles. The van der Waals surface area contributed by atoms with Gasteiger partial charge < -0.3 is 15.0 Å². The van der Waals surface area contributed by atoms with Gasteiger partial charge >= 0.3 is 5.69 Å². The lowest BCUT2D eigenvalue weighted by molar-refractivity contribution is 0.122. The summed E-state index contributed by atoms with van der Waals surface area (Å²) in [5.74, 6) is 0.424. The van der Waals surface area contributed by atoms with Crippen LogP contribution in [0.15, 0.2) is 35.3 Å². The minimum Gasteiger partial charge on any atom is -0.378 e. The van der Waals surface area contributed by atoms with Gasteiger partial charge in [-0.2, -0.15) is 10.1 Å². The maximum Gasteiger partial charge on any atom is 0.363 e. The standard InChI is InChI=1S/C13H15N5O2/c19-13-16-12(9-14-17-13)15-10-1-3-11(4-2-10)18-5-7-20-8-6-18/h1-4,9H,5-8H2,(H2,15,16,17,19). The smallest absolute Gasteiger partial charge is 0.363 e. The molecule has 0 spiro atoms. The summed E-state index contributed by atoms with van der Waals surface area (Å²) in [5, 5.41) is 8.96. The lowest BCUT2D eigenvalue weighted by Gasteiger charge is -2.28. The van der Waals surface area contributed by atoms with Gasteiger partial charge in [-0.3, -0.25) is 0 Å². The Labute approximate surface area is 115 Å². The molecule has 0 radical (unpaired) electrons. The molecule has 0 amide bonds. The molecule has 0 saturated carbocycles. The number of ether oxygens (including phenoxy) is 1. The minimum atomic E-state index is -0.472. The van der Waals surface area contributed by atoms with E-state index >= 15 is 0 Å². The van der Waals surface area contributed by atoms with Crippen LogP contribution in [0.1, 0.15) is 0 Å². The van der Waals surface area contributed by atoms with Crippen molar-refractivity contribution in [2.45, 2.75) is 0 Å². The highest BCUT2D eigenvalue weighted by Gasteiger charge is 2.10. The highest BCUT2D eigenvalue weighted by atomic mass is 16.5. The van der Waals surface area contributed by atoms with Crippen LogP contribution in [0.5, 0.6) is 0 Å². The van der Waals surface area contributed by atoms with E-state index in [1.54, 1.807) is 0 Å². The fraction of sp³-hybridized carbons (Fsp3) is 0.308. The van der Waals surface area contributed by atoms with Gasteiger partial charge in [-0.15, -0.1) is 0 Å². The number of anilines is 3. The second kappa shape index (κ2) is 5.70. The Morgan fingerprint density at radius 2 is 1.95 bits per heavy atom. The van der Waals surface area contributed by atoms with Gasteiger partial charge in [0.25, 0.3) is 0 Å². The van der Waals surface area contributed by atoms with E-state index in [2.05, 4.69) is 25.4 Å². The Morgan fingerprint density at radius 1 is 1.20 bits per heavy atom. The average molecular weight is 273 g/mol. The number of hydrogen-bond acceptors (Lipinski definition) is 6. The molecule has 0 aliphatic carbocycles. The van der Waals surface area contributed by atoms with Crippen LogP contribution in [-0.4, -0.2) is 41.5 Å². The largest absolute Gasteiger partial charge is 0.378 e. The number of aromatic amines is 1. The molecule has 2 N–H and O–H groups in total. The Bertz CT molecular complexity index is 619. The van der Waals surface area contributed by atoms with E-state index in [-0.39, 0.29) is 0 Å². The predicted octanol–water partition coefficient (Wildman–Crippen LogP) is 0.745. The van der Waals surface area contributed by atoms with Crippen LogP contribution in [0.3, 0.4) is 0 Å². The van der Waals surface area contributed by atoms with Crippen molar-refractivity contribution in [1.29, 1.82) is 0 Å². The molecule has 0 bridgehead atoms. The second-order valence-corrected chi connectivity index (χ2v) is 4.44. The highest BCUT2D eigenvalue weighted by Crippen LogP contribution is 2.20. The molecule has 7 heteroatoms. The van der Waals surface area contributed by atoms with Crippen LogP contribution in [0.4, 0.5) is 17.2 Å². The molecule has 1 aromatic carbocycles. The normalized spacial score (nSPS) is 15.1. The molecule has 3 rings (SSSR count). The average Bonchev–Trinajstić information content (AvgIpc) is 2.49. The van der Waals surface area contributed by atoms with Gasteiger partial charge in [-0.25, -0.2) is 9.89 Å². The highest BCUT2D eigenvalue weighted by molar-refractivity contribution is 5.60. The Balaban J connectivity index is 1.71. The van der Waals surface area contributed by atoms with E-state index in [9.17, 15) is 4.79 Å². The fourth-order valence-corrected chi connectivity index (χ4v) is 2.10. The summed E-state index contributed by atoms with van der Waals surface area (Å²) in [5.41, 5.74) is 1.55. The van der Waals surface area contributed by atoms with Gasteiger partial charge in [0.1, 0.15) is 0 Å². The van der Waals surface area contributed by atoms with Gasteiger partial charge in [-0.1, -0.05) is 0 Å². The predicted molar refractivity (Wildman–Crippen MR) is 75.4 cm³/mol. The molecule has 1 aliphatic heterocycles. The first-order valence-electron chi connectivity index (χ1n) is 6.43. The zero-order valence-electron chi connectivity index (χ0n) is 10.9. The van der Waals surface area contributed by atoms with Gasteiger partial charge in [0.2, 0.25) is 0 Å². The van der Waals surface area contributed by atoms with Crippen molar-refractivity contribution in [2.75, 3.05) is 36.5 Å². The minimum absolute atomic E-state index is 0.424. The number of H-pyrrole nitrogens is 1. The van der Waals surface area contributed by atoms with E-state index < -0.39 is 5.69 Å². The van der Waals surface area contributed by atoms with Crippen LogP contribution in [0.25, 0.3) is 0 Å². The van der Waals surface area contributed by atoms with Gasteiger partial charge in [0.05, 0.1) is 19.4 Å². The number of nitrogens with one attached hydrogen (secondary N) is 2. The molecule has 2 heterocycles. The summed E-state index contributed by atoms with van der Waals surface area (Å²) in [6.45, 7) is 3.35. The maximum absolute atomic E-state index is 11.1. The SMILES string of the molecule is O=c1nc(Nc2ccc(N3CCOCC3)cc2)cn[nH]1. The summed E-state index contributed by atoms with van der Waals surface area (Å²) in [7, 11) is 0. The van der Waals surface area contributed by atoms with Gasteiger partial charge in [0.15, 0.2) is 5.82 Å². The number of aromatic nitrogens is 3. The van der Waals surface area contributed by atoms with Crippen LogP contribution in [-0.2, 0) is 4.74 Å². The third kappa shape index (κ3) is 2.94. The first-order chi connectivity index (χ1) is 9.81. The van der Waals surface area contributed by atoms with Crippen molar-refractivity contribution in [1.82, 2.24) is 15.2 Å². The molecule has 7 nitrogen and oxygen atoms in total. The molecule has 0 unspecified atom stereocenters. The Kier molecular flexibility index (Phi) is 3.60. The van der Waals surface area contributed by atoms with E-state index in [1.165, 1.54) is 6.20 Å². The summed E-state index contributed by atoms with van der Waals surface area (Å²) in [6, 6.07) is 7.98. The third-order valence-corrected chi connectivity index (χ3v) is 3.08. The summed E-state index contributed by atoms with van der Waals surface area (Å²) < 4.78 is 5.33. The zero-order chi connectivity index (χ0) is 13.8. The molecule has 1 fully saturated rings. The summed E-state index contributed by atoms with van der Waals surface area (Å²) >= 11 is 0. The Morgan fingerprint density at radius 3 is 2.65 bits per heavy atom. The molecule has 1 saturated heterocycles. The van der Waals surface area contributed by atoms with Crippen molar-refractivity contribution in [2.24, 2.45) is 0 Å². The molecular weight excluding hydrogens is 258 g/mol. The monoisotopic (exact) mass is 273 g/mol. The van der Waals surface area contributed by atoms with E-state index in [4.69, 9.17) is 4.74 Å². The van der Waals surface area contributed by atoms with Crippen molar-refractivity contribution >= 4 is 17.2 Å². The summed E-state index contributed by atoms with van der Waals surface area (Å²) in [6.07, 6.45) is 1.47. The first kappa shape index (κ1) is 12.6. The number of rotatable bonds is 3. The number of nitrogens with zero attached hydrogens (tertiary/aromatic N) is 3. The quantitative estimate of drug-likeness (QED) is 0.858. The van der Waals surface area contributed by atoms with Crippen molar-refractivity contribution in [3.8, 4) is 0 Å². The molecule has 1 aliphatic rings. The third-order valence-electron chi connectivity index (χ3n) is 3.08. The van der Waals surface area contributed by atoms with Gasteiger partial charge in [0, 0.05) is 24.5 Å². The van der Waals surface area contributed by atoms with Gasteiger partial charge in [-0.05, 0) is 24.3 Å². The maximum atomic E-state index is 11.1.